The molecule has 29 heavy (non-hydrogen) atoms. The van der Waals surface area contributed by atoms with Gasteiger partial charge in [0.15, 0.2) is 5.11 Å². The van der Waals surface area contributed by atoms with E-state index in [1.54, 1.807) is 0 Å². The number of hydrogen-bond donors (Lipinski definition) is 3. The predicted octanol–water partition coefficient (Wildman–Crippen LogP) is 4.59. The topological polar surface area (TPSA) is 66.0 Å². The largest absolute Gasteiger partial charge is 0.361 e. The molecule has 2 aromatic carbocycles. The van der Waals surface area contributed by atoms with Crippen LogP contribution in [0.2, 0.25) is 0 Å². The maximum absolute atomic E-state index is 12.9. The van der Waals surface area contributed by atoms with Crippen LogP contribution in [-0.4, -0.2) is 22.5 Å². The average molecular weight is 407 g/mol. The Morgan fingerprint density at radius 2 is 1.72 bits per heavy atom. The highest BCUT2D eigenvalue weighted by molar-refractivity contribution is 7.80. The van der Waals surface area contributed by atoms with Crippen LogP contribution < -0.4 is 16.2 Å². The quantitative estimate of drug-likeness (QED) is 0.304. The number of pyridine rings is 1. The van der Waals surface area contributed by atoms with Crippen LogP contribution in [0, 0.1) is 0 Å². The number of thiocarbonyl (C=S) groups is 1. The first-order valence-electron chi connectivity index (χ1n) is 9.98. The van der Waals surface area contributed by atoms with Crippen molar-refractivity contribution in [1.82, 2.24) is 21.2 Å². The van der Waals surface area contributed by atoms with Crippen molar-refractivity contribution in [3.05, 3.63) is 66.2 Å². The minimum Gasteiger partial charge on any atom is -0.361 e. The molecule has 6 heteroatoms. The second-order valence-corrected chi connectivity index (χ2v) is 7.24. The zero-order valence-corrected chi connectivity index (χ0v) is 17.4. The first-order valence-corrected chi connectivity index (χ1v) is 10.4. The van der Waals surface area contributed by atoms with E-state index in [-0.39, 0.29) is 5.91 Å². The molecule has 1 heterocycles. The number of nitrogens with one attached hydrogen (secondary N) is 3. The number of hydrogen-bond acceptors (Lipinski definition) is 3. The van der Waals surface area contributed by atoms with Gasteiger partial charge in [0, 0.05) is 17.5 Å². The lowest BCUT2D eigenvalue weighted by atomic mass is 10.0. The summed E-state index contributed by atoms with van der Waals surface area (Å²) in [7, 11) is 0. The van der Waals surface area contributed by atoms with E-state index in [0.29, 0.717) is 10.7 Å². The zero-order valence-electron chi connectivity index (χ0n) is 16.6. The summed E-state index contributed by atoms with van der Waals surface area (Å²) in [6.07, 6.45) is 4.64. The first-order chi connectivity index (χ1) is 14.2. The zero-order chi connectivity index (χ0) is 20.5. The van der Waals surface area contributed by atoms with E-state index in [2.05, 4.69) is 23.1 Å². The molecule has 3 rings (SSSR count). The normalized spacial score (nSPS) is 10.5. The molecule has 1 aromatic heterocycles. The van der Waals surface area contributed by atoms with E-state index in [1.807, 2.05) is 60.7 Å². The fourth-order valence-corrected chi connectivity index (χ4v) is 3.25. The molecule has 3 aromatic rings. The van der Waals surface area contributed by atoms with E-state index in [1.165, 1.54) is 19.3 Å². The Morgan fingerprint density at radius 3 is 2.52 bits per heavy atom. The summed E-state index contributed by atoms with van der Waals surface area (Å²) in [4.78, 5) is 17.6. The van der Waals surface area contributed by atoms with Crippen molar-refractivity contribution in [2.75, 3.05) is 6.54 Å². The molecule has 3 N–H and O–H groups in total. The molecule has 0 saturated heterocycles. The smallest absolute Gasteiger partial charge is 0.270 e. The third-order valence-electron chi connectivity index (χ3n) is 4.64. The van der Waals surface area contributed by atoms with E-state index in [0.717, 1.165) is 35.1 Å². The van der Waals surface area contributed by atoms with Crippen LogP contribution in [0.4, 0.5) is 0 Å². The van der Waals surface area contributed by atoms with Crippen molar-refractivity contribution >= 4 is 34.1 Å². The van der Waals surface area contributed by atoms with E-state index in [9.17, 15) is 4.79 Å². The number of nitrogens with zero attached hydrogens (tertiary/aromatic N) is 1. The molecule has 0 unspecified atom stereocenters. The lowest BCUT2D eigenvalue weighted by Gasteiger charge is -2.13. The summed E-state index contributed by atoms with van der Waals surface area (Å²) in [6.45, 7) is 2.97. The maximum Gasteiger partial charge on any atom is 0.270 e. The number of amides is 1. The first kappa shape index (κ1) is 20.7. The lowest BCUT2D eigenvalue weighted by Crippen LogP contribution is -2.47. The Kier molecular flexibility index (Phi) is 7.53. The minimum atomic E-state index is -0.254. The van der Waals surface area contributed by atoms with Crippen molar-refractivity contribution in [3.8, 4) is 11.3 Å². The van der Waals surface area contributed by atoms with Gasteiger partial charge in [-0.25, -0.2) is 4.98 Å². The van der Waals surface area contributed by atoms with E-state index < -0.39 is 0 Å². The predicted molar refractivity (Wildman–Crippen MR) is 123 cm³/mol. The number of para-hydroxylation sites is 1. The van der Waals surface area contributed by atoms with Crippen LogP contribution >= 0.6 is 12.2 Å². The molecular formula is C23H26N4OS. The van der Waals surface area contributed by atoms with Gasteiger partial charge in [-0.3, -0.25) is 15.6 Å². The van der Waals surface area contributed by atoms with Gasteiger partial charge in [-0.1, -0.05) is 74.7 Å². The van der Waals surface area contributed by atoms with Crippen molar-refractivity contribution < 1.29 is 4.79 Å². The molecule has 0 aliphatic heterocycles. The standard InChI is InChI=1S/C23H26N4OS/c1-2-3-4-10-15-24-23(29)27-26-22(28)19-16-21(17-11-6-5-7-12-17)25-20-14-9-8-13-18(19)20/h5-9,11-14,16H,2-4,10,15H2,1H3,(H,26,28)(H2,24,27,29). The molecule has 0 saturated carbocycles. The summed E-state index contributed by atoms with van der Waals surface area (Å²) >= 11 is 5.25. The number of unbranched alkanes of at least 4 members (excludes halogenated alkanes) is 3. The highest BCUT2D eigenvalue weighted by atomic mass is 32.1. The van der Waals surface area contributed by atoms with Crippen molar-refractivity contribution in [2.24, 2.45) is 0 Å². The Morgan fingerprint density at radius 1 is 0.966 bits per heavy atom. The summed E-state index contributed by atoms with van der Waals surface area (Å²) in [5.74, 6) is -0.254. The van der Waals surface area contributed by atoms with Gasteiger partial charge < -0.3 is 5.32 Å². The minimum absolute atomic E-state index is 0.254. The summed E-state index contributed by atoms with van der Waals surface area (Å²) in [5.41, 5.74) is 8.54. The Labute approximate surface area is 176 Å². The second kappa shape index (κ2) is 10.5. The maximum atomic E-state index is 12.9. The summed E-state index contributed by atoms with van der Waals surface area (Å²) in [6, 6.07) is 19.3. The molecule has 0 bridgehead atoms. The van der Waals surface area contributed by atoms with Gasteiger partial charge in [0.1, 0.15) is 0 Å². The summed E-state index contributed by atoms with van der Waals surface area (Å²) in [5, 5.41) is 4.33. The van der Waals surface area contributed by atoms with E-state index >= 15 is 0 Å². The van der Waals surface area contributed by atoms with E-state index in [4.69, 9.17) is 17.2 Å². The number of carbonyl (C=O) groups excluding carboxylic acids is 1. The Bertz CT molecular complexity index is 975. The molecule has 150 valence electrons. The lowest BCUT2D eigenvalue weighted by molar-refractivity contribution is 0.0945. The van der Waals surface area contributed by atoms with Crippen LogP contribution in [0.1, 0.15) is 43.0 Å². The molecule has 0 atom stereocenters. The van der Waals surface area contributed by atoms with Gasteiger partial charge >= 0.3 is 0 Å². The fraction of sp³-hybridized carbons (Fsp3) is 0.261. The van der Waals surface area contributed by atoms with Crippen LogP contribution in [0.3, 0.4) is 0 Å². The highest BCUT2D eigenvalue weighted by Crippen LogP contribution is 2.24. The number of benzene rings is 2. The third-order valence-corrected chi connectivity index (χ3v) is 4.88. The highest BCUT2D eigenvalue weighted by Gasteiger charge is 2.14. The molecular weight excluding hydrogens is 380 g/mol. The van der Waals surface area contributed by atoms with Crippen molar-refractivity contribution in [3.63, 3.8) is 0 Å². The van der Waals surface area contributed by atoms with Crippen LogP contribution in [0.25, 0.3) is 22.2 Å². The average Bonchev–Trinajstić information content (AvgIpc) is 2.77. The van der Waals surface area contributed by atoms with Crippen LogP contribution in [0.5, 0.6) is 0 Å². The second-order valence-electron chi connectivity index (χ2n) is 6.83. The number of fused-ring (bicyclic) bond motifs is 1. The van der Waals surface area contributed by atoms with Crippen molar-refractivity contribution in [2.45, 2.75) is 32.6 Å². The van der Waals surface area contributed by atoms with Gasteiger partial charge in [0.25, 0.3) is 5.91 Å². The van der Waals surface area contributed by atoms with Crippen LogP contribution in [-0.2, 0) is 0 Å². The molecule has 0 aliphatic carbocycles. The van der Waals surface area contributed by atoms with Crippen LogP contribution in [0.15, 0.2) is 60.7 Å². The van der Waals surface area contributed by atoms with Crippen molar-refractivity contribution in [1.29, 1.82) is 0 Å². The van der Waals surface area contributed by atoms with Gasteiger partial charge in [0.05, 0.1) is 16.8 Å². The van der Waals surface area contributed by atoms with Gasteiger partial charge in [-0.05, 0) is 30.8 Å². The number of aromatic nitrogens is 1. The molecule has 5 nitrogen and oxygen atoms in total. The Hall–Kier alpha value is -2.99. The number of hydrazine groups is 1. The molecule has 0 spiro atoms. The Balaban J connectivity index is 1.71. The summed E-state index contributed by atoms with van der Waals surface area (Å²) < 4.78 is 0. The molecule has 0 radical (unpaired) electrons. The monoisotopic (exact) mass is 406 g/mol. The third kappa shape index (κ3) is 5.74. The fourth-order valence-electron chi connectivity index (χ4n) is 3.10. The van der Waals surface area contributed by atoms with Gasteiger partial charge in [0.2, 0.25) is 0 Å². The van der Waals surface area contributed by atoms with Gasteiger partial charge in [-0.2, -0.15) is 0 Å². The molecule has 0 aliphatic rings. The van der Waals surface area contributed by atoms with Gasteiger partial charge in [-0.15, -0.1) is 0 Å². The SMILES string of the molecule is CCCCCCNC(=S)NNC(=O)c1cc(-c2ccccc2)nc2ccccc12. The molecule has 0 fully saturated rings. The molecule has 1 amide bonds. The number of rotatable bonds is 7. The number of carbonyl (C=O) groups is 1.